The highest BCUT2D eigenvalue weighted by Crippen LogP contribution is 2.27. The molecule has 5 heteroatoms. The van der Waals surface area contributed by atoms with E-state index in [0.717, 1.165) is 16.9 Å². The average Bonchev–Trinajstić information content (AvgIpc) is 3.08. The minimum atomic E-state index is -0.434. The van der Waals surface area contributed by atoms with Gasteiger partial charge in [-0.05, 0) is 66.6 Å². The molecule has 25 heavy (non-hydrogen) atoms. The predicted molar refractivity (Wildman–Crippen MR) is 101 cm³/mol. The van der Waals surface area contributed by atoms with Gasteiger partial charge in [0.1, 0.15) is 0 Å². The van der Waals surface area contributed by atoms with Gasteiger partial charge in [0, 0.05) is 17.0 Å². The molecule has 1 aliphatic carbocycles. The summed E-state index contributed by atoms with van der Waals surface area (Å²) >= 11 is 1.57. The summed E-state index contributed by atoms with van der Waals surface area (Å²) in [4.78, 5) is 24.3. The van der Waals surface area contributed by atoms with E-state index in [2.05, 4.69) is 23.5 Å². The van der Waals surface area contributed by atoms with Gasteiger partial charge in [0.15, 0.2) is 0 Å². The van der Waals surface area contributed by atoms with Crippen LogP contribution in [0.1, 0.15) is 33.5 Å². The molecule has 3 N–H and O–H groups in total. The first-order valence-corrected chi connectivity index (χ1v) is 9.50. The predicted octanol–water partition coefficient (Wildman–Crippen LogP) is 2.73. The highest BCUT2D eigenvalue weighted by atomic mass is 32.2. The summed E-state index contributed by atoms with van der Waals surface area (Å²) in [6.45, 7) is 0.547. The fraction of sp³-hybridized carbons (Fsp3) is 0.300. The van der Waals surface area contributed by atoms with Crippen molar-refractivity contribution >= 4 is 23.6 Å². The Morgan fingerprint density at radius 1 is 1.08 bits per heavy atom. The van der Waals surface area contributed by atoms with Gasteiger partial charge in [0.2, 0.25) is 11.8 Å². The van der Waals surface area contributed by atoms with Crippen molar-refractivity contribution < 1.29 is 9.59 Å². The summed E-state index contributed by atoms with van der Waals surface area (Å²) in [5, 5.41) is 2.93. The molecule has 0 radical (unpaired) electrons. The number of benzene rings is 2. The number of carbonyl (C=O) groups is 2. The van der Waals surface area contributed by atoms with E-state index < -0.39 is 5.91 Å². The van der Waals surface area contributed by atoms with Crippen LogP contribution in [-0.2, 0) is 24.1 Å². The summed E-state index contributed by atoms with van der Waals surface area (Å²) in [5.41, 5.74) is 9.64. The summed E-state index contributed by atoms with van der Waals surface area (Å²) < 4.78 is 0. The molecule has 3 rings (SSSR count). The molecule has 0 atom stereocenters. The van der Waals surface area contributed by atoms with Crippen LogP contribution in [0.15, 0.2) is 47.4 Å². The average molecular weight is 354 g/mol. The minimum Gasteiger partial charge on any atom is -0.366 e. The van der Waals surface area contributed by atoms with Crippen LogP contribution in [0.25, 0.3) is 0 Å². The second kappa shape index (κ2) is 8.21. The Kier molecular flexibility index (Phi) is 5.76. The topological polar surface area (TPSA) is 72.2 Å². The summed E-state index contributed by atoms with van der Waals surface area (Å²) in [5.74, 6) is 0.00769. The largest absolute Gasteiger partial charge is 0.366 e. The number of primary amides is 1. The third kappa shape index (κ3) is 4.86. The monoisotopic (exact) mass is 354 g/mol. The van der Waals surface area contributed by atoms with Crippen LogP contribution in [0.4, 0.5) is 0 Å². The number of amides is 2. The number of hydrogen-bond donors (Lipinski definition) is 2. The Morgan fingerprint density at radius 3 is 2.76 bits per heavy atom. The SMILES string of the molecule is NC(=O)c1cccc(CCNC(=O)CSc2ccc3c(c2)CCC3)c1. The standard InChI is InChI=1S/C20H22N2O2S/c21-20(24)17-6-1-3-14(11-17)9-10-22-19(23)13-25-18-8-7-15-4-2-5-16(15)12-18/h1,3,6-8,11-12H,2,4-5,9-10,13H2,(H2,21,24)(H,22,23). The van der Waals surface area contributed by atoms with Gasteiger partial charge in [-0.2, -0.15) is 0 Å². The van der Waals surface area contributed by atoms with Crippen LogP contribution in [0.5, 0.6) is 0 Å². The quantitative estimate of drug-likeness (QED) is 0.751. The molecule has 0 aliphatic heterocycles. The Hall–Kier alpha value is -2.27. The van der Waals surface area contributed by atoms with Crippen LogP contribution in [0.2, 0.25) is 0 Å². The lowest BCUT2D eigenvalue weighted by Gasteiger charge is -2.07. The highest BCUT2D eigenvalue weighted by molar-refractivity contribution is 8.00. The van der Waals surface area contributed by atoms with E-state index in [1.165, 1.54) is 24.0 Å². The molecule has 0 fully saturated rings. The van der Waals surface area contributed by atoms with Crippen molar-refractivity contribution in [1.29, 1.82) is 0 Å². The van der Waals surface area contributed by atoms with Crippen molar-refractivity contribution in [2.45, 2.75) is 30.6 Å². The van der Waals surface area contributed by atoms with Gasteiger partial charge in [-0.1, -0.05) is 18.2 Å². The van der Waals surface area contributed by atoms with Gasteiger partial charge in [0.25, 0.3) is 0 Å². The van der Waals surface area contributed by atoms with Gasteiger partial charge < -0.3 is 11.1 Å². The fourth-order valence-electron chi connectivity index (χ4n) is 3.06. The van der Waals surface area contributed by atoms with Crippen molar-refractivity contribution in [3.05, 3.63) is 64.7 Å². The zero-order valence-electron chi connectivity index (χ0n) is 14.1. The normalized spacial score (nSPS) is 12.6. The number of thioether (sulfide) groups is 1. The molecule has 0 spiro atoms. The van der Waals surface area contributed by atoms with Crippen molar-refractivity contribution in [1.82, 2.24) is 5.32 Å². The van der Waals surface area contributed by atoms with Gasteiger partial charge in [-0.15, -0.1) is 11.8 Å². The van der Waals surface area contributed by atoms with Gasteiger partial charge in [0.05, 0.1) is 5.75 Å². The third-order valence-electron chi connectivity index (χ3n) is 4.39. The van der Waals surface area contributed by atoms with Crippen molar-refractivity contribution in [2.24, 2.45) is 5.73 Å². The van der Waals surface area contributed by atoms with Gasteiger partial charge in [-0.25, -0.2) is 0 Å². The van der Waals surface area contributed by atoms with E-state index in [-0.39, 0.29) is 5.91 Å². The smallest absolute Gasteiger partial charge is 0.248 e. The molecule has 0 bridgehead atoms. The molecule has 2 aromatic carbocycles. The van der Waals surface area contributed by atoms with Crippen LogP contribution in [0, 0.1) is 0 Å². The second-order valence-corrected chi connectivity index (χ2v) is 7.29. The molecular formula is C20H22N2O2S. The van der Waals surface area contributed by atoms with Crippen LogP contribution in [0.3, 0.4) is 0 Å². The van der Waals surface area contributed by atoms with E-state index >= 15 is 0 Å². The zero-order chi connectivity index (χ0) is 17.6. The number of carbonyl (C=O) groups excluding carboxylic acids is 2. The Balaban J connectivity index is 1.42. The Bertz CT molecular complexity index is 789. The van der Waals surface area contributed by atoms with Crippen molar-refractivity contribution in [3.63, 3.8) is 0 Å². The van der Waals surface area contributed by atoms with Gasteiger partial charge >= 0.3 is 0 Å². The van der Waals surface area contributed by atoms with Crippen LogP contribution < -0.4 is 11.1 Å². The van der Waals surface area contributed by atoms with Crippen molar-refractivity contribution in [3.8, 4) is 0 Å². The number of rotatable bonds is 7. The molecule has 0 saturated carbocycles. The lowest BCUT2D eigenvalue weighted by Crippen LogP contribution is -2.27. The number of aryl methyl sites for hydroxylation is 2. The molecule has 2 aromatic rings. The Morgan fingerprint density at radius 2 is 1.92 bits per heavy atom. The maximum atomic E-state index is 12.0. The lowest BCUT2D eigenvalue weighted by atomic mass is 10.1. The number of fused-ring (bicyclic) bond motifs is 1. The molecule has 0 saturated heterocycles. The Labute approximate surface area is 152 Å². The molecule has 2 amide bonds. The van der Waals surface area contributed by atoms with E-state index in [9.17, 15) is 9.59 Å². The van der Waals surface area contributed by atoms with E-state index in [4.69, 9.17) is 5.73 Å². The van der Waals surface area contributed by atoms with E-state index in [0.29, 0.717) is 24.3 Å². The van der Waals surface area contributed by atoms with E-state index in [1.54, 1.807) is 30.0 Å². The molecule has 130 valence electrons. The number of hydrogen-bond acceptors (Lipinski definition) is 3. The summed E-state index contributed by atoms with van der Waals surface area (Å²) in [6, 6.07) is 13.7. The third-order valence-corrected chi connectivity index (χ3v) is 5.38. The molecule has 0 heterocycles. The summed E-state index contributed by atoms with van der Waals surface area (Å²) in [6.07, 6.45) is 4.25. The van der Waals surface area contributed by atoms with Crippen LogP contribution >= 0.6 is 11.8 Å². The maximum absolute atomic E-state index is 12.0. The first-order chi connectivity index (χ1) is 12.1. The minimum absolute atomic E-state index is 0.0246. The molecule has 4 nitrogen and oxygen atoms in total. The second-order valence-electron chi connectivity index (χ2n) is 6.24. The summed E-state index contributed by atoms with van der Waals surface area (Å²) in [7, 11) is 0. The highest BCUT2D eigenvalue weighted by Gasteiger charge is 2.11. The zero-order valence-corrected chi connectivity index (χ0v) is 14.9. The number of nitrogens with two attached hydrogens (primary N) is 1. The first kappa shape index (κ1) is 17.5. The van der Waals surface area contributed by atoms with Crippen molar-refractivity contribution in [2.75, 3.05) is 12.3 Å². The van der Waals surface area contributed by atoms with Crippen LogP contribution in [-0.4, -0.2) is 24.1 Å². The first-order valence-electron chi connectivity index (χ1n) is 8.52. The molecule has 0 aromatic heterocycles. The lowest BCUT2D eigenvalue weighted by molar-refractivity contribution is -0.118. The van der Waals surface area contributed by atoms with E-state index in [1.807, 2.05) is 6.07 Å². The maximum Gasteiger partial charge on any atom is 0.248 e. The number of nitrogens with one attached hydrogen (secondary N) is 1. The molecule has 0 unspecified atom stereocenters. The fourth-order valence-corrected chi connectivity index (χ4v) is 3.85. The molecular weight excluding hydrogens is 332 g/mol. The van der Waals surface area contributed by atoms with Gasteiger partial charge in [-0.3, -0.25) is 9.59 Å². The molecule has 1 aliphatic rings.